The fourth-order valence-corrected chi connectivity index (χ4v) is 3.77. The number of anilines is 1. The van der Waals surface area contributed by atoms with Crippen molar-refractivity contribution in [2.75, 3.05) is 37.8 Å². The Bertz CT molecular complexity index is 1210. The number of benzene rings is 1. The van der Waals surface area contributed by atoms with E-state index in [-0.39, 0.29) is 18.7 Å². The zero-order valence-corrected chi connectivity index (χ0v) is 17.9. The number of ether oxygens (including phenoxy) is 2. The Kier molecular flexibility index (Phi) is 5.84. The average molecular weight is 429 g/mol. The molecule has 1 atom stereocenters. The van der Waals surface area contributed by atoms with Crippen molar-refractivity contribution in [1.82, 2.24) is 18.7 Å². The summed E-state index contributed by atoms with van der Waals surface area (Å²) >= 11 is 0. The van der Waals surface area contributed by atoms with Crippen molar-refractivity contribution in [2.24, 2.45) is 14.1 Å². The number of imidazole rings is 1. The van der Waals surface area contributed by atoms with Crippen molar-refractivity contribution >= 4 is 17.1 Å². The van der Waals surface area contributed by atoms with Crippen LogP contribution in [0.2, 0.25) is 0 Å². The third-order valence-electron chi connectivity index (χ3n) is 5.45. The maximum absolute atomic E-state index is 12.9. The van der Waals surface area contributed by atoms with E-state index in [0.717, 1.165) is 10.1 Å². The second-order valence-corrected chi connectivity index (χ2v) is 7.78. The summed E-state index contributed by atoms with van der Waals surface area (Å²) in [6.45, 7) is 4.41. The van der Waals surface area contributed by atoms with Crippen LogP contribution in [0.15, 0.2) is 33.9 Å². The van der Waals surface area contributed by atoms with Gasteiger partial charge >= 0.3 is 5.69 Å². The lowest BCUT2D eigenvalue weighted by Crippen LogP contribution is -2.39. The van der Waals surface area contributed by atoms with Crippen LogP contribution in [-0.4, -0.2) is 62.8 Å². The third-order valence-corrected chi connectivity index (χ3v) is 5.45. The summed E-state index contributed by atoms with van der Waals surface area (Å²) < 4.78 is 15.3. The highest BCUT2D eigenvalue weighted by Gasteiger charge is 2.25. The SMILES string of the molecule is Cc1cccc(OC[C@H](O)Cn2c(N3CCOCC3)nc3c2c(=O)n(C)c(=O)n3C)c1. The van der Waals surface area contributed by atoms with E-state index in [1.54, 1.807) is 11.6 Å². The standard InChI is InChI=1S/C21H27N5O5/c1-14-5-4-6-16(11-14)31-13-15(27)12-26-17-18(23(2)21(29)24(3)19(17)28)22-20(26)25-7-9-30-10-8-25/h4-6,11,15,27H,7-10,12-13H2,1-3H3/t15-/m1/s1. The van der Waals surface area contributed by atoms with Crippen LogP contribution in [0.4, 0.5) is 5.95 Å². The molecule has 2 aromatic heterocycles. The second-order valence-electron chi connectivity index (χ2n) is 7.78. The van der Waals surface area contributed by atoms with Crippen molar-refractivity contribution in [3.8, 4) is 5.75 Å². The first kappa shape index (κ1) is 21.1. The highest BCUT2D eigenvalue weighted by molar-refractivity contribution is 5.74. The van der Waals surface area contributed by atoms with Crippen molar-refractivity contribution in [1.29, 1.82) is 0 Å². The molecule has 10 nitrogen and oxygen atoms in total. The highest BCUT2D eigenvalue weighted by Crippen LogP contribution is 2.21. The van der Waals surface area contributed by atoms with Gasteiger partial charge in [0.25, 0.3) is 5.56 Å². The minimum atomic E-state index is -0.889. The Balaban J connectivity index is 1.70. The van der Waals surface area contributed by atoms with E-state index >= 15 is 0 Å². The molecule has 0 unspecified atom stereocenters. The lowest BCUT2D eigenvalue weighted by Gasteiger charge is -2.28. The molecule has 0 bridgehead atoms. The van der Waals surface area contributed by atoms with Gasteiger partial charge in [0.2, 0.25) is 5.95 Å². The maximum atomic E-state index is 12.9. The van der Waals surface area contributed by atoms with E-state index in [0.29, 0.717) is 43.6 Å². The Morgan fingerprint density at radius 2 is 1.94 bits per heavy atom. The molecule has 1 fully saturated rings. The lowest BCUT2D eigenvalue weighted by atomic mass is 10.2. The summed E-state index contributed by atoms with van der Waals surface area (Å²) in [6, 6.07) is 7.58. The number of nitrogens with zero attached hydrogens (tertiary/aromatic N) is 5. The minimum Gasteiger partial charge on any atom is -0.491 e. The number of hydrogen-bond acceptors (Lipinski definition) is 7. The van der Waals surface area contributed by atoms with Crippen LogP contribution in [-0.2, 0) is 25.4 Å². The second kappa shape index (κ2) is 8.56. The molecule has 0 saturated carbocycles. The number of aromatic nitrogens is 4. The first-order valence-electron chi connectivity index (χ1n) is 10.2. The molecule has 10 heteroatoms. The van der Waals surface area contributed by atoms with Gasteiger partial charge in [-0.15, -0.1) is 0 Å². The van der Waals surface area contributed by atoms with Gasteiger partial charge < -0.3 is 24.0 Å². The Morgan fingerprint density at radius 1 is 1.19 bits per heavy atom. The number of aliphatic hydroxyl groups is 1. The molecule has 1 aliphatic heterocycles. The number of morpholine rings is 1. The molecule has 0 radical (unpaired) electrons. The molecule has 1 N–H and O–H groups in total. The van der Waals surface area contributed by atoms with Gasteiger partial charge in [0, 0.05) is 27.2 Å². The summed E-state index contributed by atoms with van der Waals surface area (Å²) in [5.41, 5.74) is 0.740. The Labute approximate surface area is 178 Å². The number of aryl methyl sites for hydroxylation is 2. The largest absolute Gasteiger partial charge is 0.491 e. The van der Waals surface area contributed by atoms with Gasteiger partial charge in [0.15, 0.2) is 11.2 Å². The van der Waals surface area contributed by atoms with Gasteiger partial charge in [-0.25, -0.2) is 4.79 Å². The molecule has 31 heavy (non-hydrogen) atoms. The summed E-state index contributed by atoms with van der Waals surface area (Å²) in [5.74, 6) is 1.20. The first-order valence-corrected chi connectivity index (χ1v) is 10.2. The summed E-state index contributed by atoms with van der Waals surface area (Å²) in [7, 11) is 3.02. The molecular weight excluding hydrogens is 402 g/mol. The van der Waals surface area contributed by atoms with E-state index in [4.69, 9.17) is 9.47 Å². The van der Waals surface area contributed by atoms with Gasteiger partial charge in [0.05, 0.1) is 19.8 Å². The summed E-state index contributed by atoms with van der Waals surface area (Å²) in [6.07, 6.45) is -0.889. The van der Waals surface area contributed by atoms with E-state index in [1.165, 1.54) is 11.6 Å². The molecule has 1 aliphatic rings. The van der Waals surface area contributed by atoms with Gasteiger partial charge in [-0.3, -0.25) is 13.9 Å². The predicted molar refractivity (Wildman–Crippen MR) is 116 cm³/mol. The fraction of sp³-hybridized carbons (Fsp3) is 0.476. The lowest BCUT2D eigenvalue weighted by molar-refractivity contribution is 0.0927. The van der Waals surface area contributed by atoms with Gasteiger partial charge in [-0.2, -0.15) is 4.98 Å². The Hall–Kier alpha value is -3.11. The van der Waals surface area contributed by atoms with Gasteiger partial charge in [0.1, 0.15) is 18.5 Å². The normalized spacial score (nSPS) is 15.4. The monoisotopic (exact) mass is 429 g/mol. The molecule has 0 amide bonds. The van der Waals surface area contributed by atoms with Crippen molar-refractivity contribution < 1.29 is 14.6 Å². The van der Waals surface area contributed by atoms with Crippen LogP contribution in [0.3, 0.4) is 0 Å². The predicted octanol–water partition coefficient (Wildman–Crippen LogP) is 0.0186. The van der Waals surface area contributed by atoms with Crippen LogP contribution < -0.4 is 20.9 Å². The van der Waals surface area contributed by atoms with Crippen LogP contribution >= 0.6 is 0 Å². The maximum Gasteiger partial charge on any atom is 0.332 e. The van der Waals surface area contributed by atoms with Crippen molar-refractivity contribution in [3.63, 3.8) is 0 Å². The zero-order chi connectivity index (χ0) is 22.1. The van der Waals surface area contributed by atoms with Crippen LogP contribution in [0, 0.1) is 6.92 Å². The number of aliphatic hydroxyl groups excluding tert-OH is 1. The van der Waals surface area contributed by atoms with Gasteiger partial charge in [-0.1, -0.05) is 12.1 Å². The van der Waals surface area contributed by atoms with Crippen LogP contribution in [0.1, 0.15) is 5.56 Å². The zero-order valence-electron chi connectivity index (χ0n) is 17.9. The molecular formula is C21H27N5O5. The van der Waals surface area contributed by atoms with E-state index in [9.17, 15) is 14.7 Å². The topological polar surface area (TPSA) is 104 Å². The third kappa shape index (κ3) is 4.08. The summed E-state index contributed by atoms with van der Waals surface area (Å²) in [4.78, 5) is 31.9. The molecule has 0 spiro atoms. The minimum absolute atomic E-state index is 0.0533. The van der Waals surface area contributed by atoms with E-state index in [2.05, 4.69) is 4.98 Å². The molecule has 1 saturated heterocycles. The highest BCUT2D eigenvalue weighted by atomic mass is 16.5. The molecule has 0 aliphatic carbocycles. The van der Waals surface area contributed by atoms with Crippen LogP contribution in [0.5, 0.6) is 5.75 Å². The molecule has 1 aromatic carbocycles. The number of fused-ring (bicyclic) bond motifs is 1. The smallest absolute Gasteiger partial charge is 0.332 e. The summed E-state index contributed by atoms with van der Waals surface area (Å²) in [5, 5.41) is 10.7. The first-order chi connectivity index (χ1) is 14.9. The van der Waals surface area contributed by atoms with Crippen LogP contribution in [0.25, 0.3) is 11.2 Å². The number of hydrogen-bond donors (Lipinski definition) is 1. The van der Waals surface area contributed by atoms with E-state index < -0.39 is 17.4 Å². The number of rotatable bonds is 6. The Morgan fingerprint density at radius 3 is 2.65 bits per heavy atom. The van der Waals surface area contributed by atoms with Crippen molar-refractivity contribution in [3.05, 3.63) is 50.7 Å². The fourth-order valence-electron chi connectivity index (χ4n) is 3.77. The molecule has 166 valence electrons. The van der Waals surface area contributed by atoms with Gasteiger partial charge in [-0.05, 0) is 24.6 Å². The molecule has 4 rings (SSSR count). The molecule has 3 heterocycles. The quantitative estimate of drug-likeness (QED) is 0.589. The molecule has 3 aromatic rings. The van der Waals surface area contributed by atoms with E-state index in [1.807, 2.05) is 36.1 Å². The van der Waals surface area contributed by atoms with Crippen molar-refractivity contribution in [2.45, 2.75) is 19.6 Å². The average Bonchev–Trinajstić information content (AvgIpc) is 3.14.